The molecule has 0 spiro atoms. The minimum atomic E-state index is -0.639. The second kappa shape index (κ2) is 9.65. The maximum absolute atomic E-state index is 13.5. The number of hydrogen-bond donors (Lipinski definition) is 3. The number of amides is 1. The summed E-state index contributed by atoms with van der Waals surface area (Å²) in [5.41, 5.74) is 5.72. The van der Waals surface area contributed by atoms with E-state index in [0.717, 1.165) is 25.7 Å². The van der Waals surface area contributed by atoms with Crippen molar-refractivity contribution in [2.24, 2.45) is 5.73 Å². The first-order chi connectivity index (χ1) is 15.5. The molecule has 2 fully saturated rings. The summed E-state index contributed by atoms with van der Waals surface area (Å²) < 4.78 is 15.2. The number of nitrogens with one attached hydrogen (secondary N) is 2. The molecule has 8 nitrogen and oxygen atoms in total. The van der Waals surface area contributed by atoms with Gasteiger partial charge in [0.25, 0.3) is 5.91 Å². The van der Waals surface area contributed by atoms with Gasteiger partial charge in [-0.15, -0.1) is 0 Å². The van der Waals surface area contributed by atoms with Crippen molar-refractivity contribution in [3.8, 4) is 6.07 Å². The summed E-state index contributed by atoms with van der Waals surface area (Å²) in [7, 11) is 0. The van der Waals surface area contributed by atoms with E-state index in [1.54, 1.807) is 16.9 Å². The Morgan fingerprint density at radius 3 is 2.62 bits per heavy atom. The average molecular weight is 440 g/mol. The molecule has 0 atom stereocenters. The number of carbonyl (C=O) groups is 1. The fourth-order valence-corrected chi connectivity index (χ4v) is 5.06. The van der Waals surface area contributed by atoms with E-state index in [9.17, 15) is 14.4 Å². The van der Waals surface area contributed by atoms with E-state index in [4.69, 9.17) is 5.73 Å². The Kier molecular flexibility index (Phi) is 6.70. The zero-order valence-electron chi connectivity index (χ0n) is 18.2. The molecule has 0 unspecified atom stereocenters. The van der Waals surface area contributed by atoms with Crippen LogP contribution in [0, 0.1) is 17.3 Å². The van der Waals surface area contributed by atoms with Crippen LogP contribution in [0.25, 0.3) is 0 Å². The molecule has 9 heteroatoms. The number of carbonyl (C=O) groups excluding carboxylic acids is 1. The molecular weight excluding hydrogens is 409 g/mol. The van der Waals surface area contributed by atoms with E-state index in [-0.39, 0.29) is 11.4 Å². The Morgan fingerprint density at radius 2 is 1.97 bits per heavy atom. The van der Waals surface area contributed by atoms with Gasteiger partial charge in [-0.3, -0.25) is 9.48 Å². The topological polar surface area (TPSA) is 122 Å². The Balaban J connectivity index is 1.53. The molecular formula is C23H30FN7O. The van der Waals surface area contributed by atoms with Gasteiger partial charge in [-0.05, 0) is 44.6 Å². The fourth-order valence-electron chi connectivity index (χ4n) is 5.06. The normalized spacial score (nSPS) is 24.1. The van der Waals surface area contributed by atoms with E-state index >= 15 is 0 Å². The number of halogens is 1. The Labute approximate surface area is 187 Å². The van der Waals surface area contributed by atoms with Crippen LogP contribution in [0.3, 0.4) is 0 Å². The summed E-state index contributed by atoms with van der Waals surface area (Å²) in [5, 5.41) is 21.0. The van der Waals surface area contributed by atoms with Gasteiger partial charge in [0.15, 0.2) is 5.82 Å². The molecule has 32 heavy (non-hydrogen) atoms. The number of rotatable bonds is 7. The van der Waals surface area contributed by atoms with E-state index in [2.05, 4.69) is 26.8 Å². The highest BCUT2D eigenvalue weighted by Crippen LogP contribution is 2.39. The standard InChI is InChI=1S/C23H30FN7O/c24-20-14-18(8-13-27-20)29-22-19(21(26)32)15-31(30-22)23(11-12-25)9-6-17(7-10-23)28-16-4-2-1-3-5-16/h8,13-17,28H,1-7,9-11H2,(H2,26,32)(H,27,29,30). The van der Waals surface area contributed by atoms with Gasteiger partial charge in [0, 0.05) is 36.2 Å². The number of aromatic nitrogens is 3. The number of nitrogens with two attached hydrogens (primary N) is 1. The SMILES string of the molecule is N#CCC1(n2cc(C(N)=O)c(Nc3ccnc(F)c3)n2)CCC(NC2CCCCC2)CC1. The summed E-state index contributed by atoms with van der Waals surface area (Å²) in [6.45, 7) is 0. The minimum Gasteiger partial charge on any atom is -0.365 e. The first kappa shape index (κ1) is 22.2. The zero-order valence-corrected chi connectivity index (χ0v) is 18.2. The van der Waals surface area contributed by atoms with Crippen LogP contribution in [0.4, 0.5) is 15.9 Å². The molecule has 2 aromatic rings. The number of nitriles is 1. The van der Waals surface area contributed by atoms with Gasteiger partial charge >= 0.3 is 0 Å². The molecule has 4 N–H and O–H groups in total. The number of pyridine rings is 1. The predicted octanol–water partition coefficient (Wildman–Crippen LogP) is 3.73. The Morgan fingerprint density at radius 1 is 1.25 bits per heavy atom. The lowest BCUT2D eigenvalue weighted by Gasteiger charge is -2.40. The molecule has 2 heterocycles. The van der Waals surface area contributed by atoms with Gasteiger partial charge in [0.2, 0.25) is 5.95 Å². The van der Waals surface area contributed by atoms with Crippen LogP contribution in [0.1, 0.15) is 74.6 Å². The highest BCUT2D eigenvalue weighted by molar-refractivity contribution is 5.98. The van der Waals surface area contributed by atoms with Crippen molar-refractivity contribution < 1.29 is 9.18 Å². The molecule has 0 saturated heterocycles. The molecule has 1 amide bonds. The number of anilines is 2. The van der Waals surface area contributed by atoms with E-state index in [0.29, 0.717) is 24.2 Å². The first-order valence-electron chi connectivity index (χ1n) is 11.4. The van der Waals surface area contributed by atoms with Crippen LogP contribution in [0.2, 0.25) is 0 Å². The van der Waals surface area contributed by atoms with Crippen molar-refractivity contribution in [3.63, 3.8) is 0 Å². The van der Waals surface area contributed by atoms with Crippen LogP contribution < -0.4 is 16.4 Å². The van der Waals surface area contributed by atoms with Crippen molar-refractivity contribution in [3.05, 3.63) is 36.0 Å². The van der Waals surface area contributed by atoms with Gasteiger partial charge in [-0.25, -0.2) is 4.98 Å². The fraction of sp³-hybridized carbons (Fsp3) is 0.565. The van der Waals surface area contributed by atoms with Gasteiger partial charge in [-0.2, -0.15) is 14.8 Å². The molecule has 2 aromatic heterocycles. The van der Waals surface area contributed by atoms with Crippen LogP contribution in [0.15, 0.2) is 24.5 Å². The van der Waals surface area contributed by atoms with Gasteiger partial charge in [0.1, 0.15) is 5.56 Å². The first-order valence-corrected chi connectivity index (χ1v) is 11.4. The van der Waals surface area contributed by atoms with Crippen molar-refractivity contribution in [1.29, 1.82) is 5.26 Å². The zero-order chi connectivity index (χ0) is 22.6. The van der Waals surface area contributed by atoms with Crippen LogP contribution in [0.5, 0.6) is 0 Å². The van der Waals surface area contributed by atoms with Gasteiger partial charge < -0.3 is 16.4 Å². The van der Waals surface area contributed by atoms with Crippen LogP contribution in [-0.2, 0) is 5.54 Å². The minimum absolute atomic E-state index is 0.210. The monoisotopic (exact) mass is 439 g/mol. The van der Waals surface area contributed by atoms with E-state index in [1.807, 2.05) is 0 Å². The maximum atomic E-state index is 13.5. The van der Waals surface area contributed by atoms with Crippen molar-refractivity contribution in [1.82, 2.24) is 20.1 Å². The number of hydrogen-bond acceptors (Lipinski definition) is 6. The summed E-state index contributed by atoms with van der Waals surface area (Å²) in [4.78, 5) is 15.6. The largest absolute Gasteiger partial charge is 0.365 e. The molecule has 170 valence electrons. The molecule has 4 rings (SSSR count). The highest BCUT2D eigenvalue weighted by atomic mass is 19.1. The molecule has 0 aliphatic heterocycles. The lowest BCUT2D eigenvalue weighted by Crippen LogP contribution is -2.46. The van der Waals surface area contributed by atoms with E-state index < -0.39 is 17.4 Å². The lowest BCUT2D eigenvalue weighted by atomic mass is 9.77. The van der Waals surface area contributed by atoms with E-state index in [1.165, 1.54) is 44.4 Å². The smallest absolute Gasteiger partial charge is 0.254 e. The average Bonchev–Trinajstić information content (AvgIpc) is 3.21. The van der Waals surface area contributed by atoms with Crippen LogP contribution >= 0.6 is 0 Å². The molecule has 2 aliphatic rings. The van der Waals surface area contributed by atoms with Gasteiger partial charge in [-0.1, -0.05) is 19.3 Å². The Bertz CT molecular complexity index is 984. The third kappa shape index (κ3) is 4.91. The number of nitrogens with zero attached hydrogens (tertiary/aromatic N) is 4. The Hall–Kier alpha value is -2.99. The third-order valence-electron chi connectivity index (χ3n) is 6.86. The summed E-state index contributed by atoms with van der Waals surface area (Å²) in [6, 6.07) is 6.15. The maximum Gasteiger partial charge on any atom is 0.254 e. The molecule has 2 saturated carbocycles. The number of primary amides is 1. The molecule has 0 radical (unpaired) electrons. The second-order valence-corrected chi connectivity index (χ2v) is 9.03. The van der Waals surface area contributed by atoms with Gasteiger partial charge in [0.05, 0.1) is 18.0 Å². The molecule has 0 bridgehead atoms. The van der Waals surface area contributed by atoms with Crippen molar-refractivity contribution in [2.45, 2.75) is 81.8 Å². The van der Waals surface area contributed by atoms with Crippen molar-refractivity contribution in [2.75, 3.05) is 5.32 Å². The second-order valence-electron chi connectivity index (χ2n) is 9.03. The quantitative estimate of drug-likeness (QED) is 0.565. The summed E-state index contributed by atoms with van der Waals surface area (Å²) >= 11 is 0. The van der Waals surface area contributed by atoms with Crippen molar-refractivity contribution >= 4 is 17.4 Å². The summed E-state index contributed by atoms with van der Waals surface area (Å²) in [6.07, 6.45) is 13.1. The third-order valence-corrected chi connectivity index (χ3v) is 6.86. The highest BCUT2D eigenvalue weighted by Gasteiger charge is 2.39. The summed E-state index contributed by atoms with van der Waals surface area (Å²) in [5.74, 6) is -1.02. The molecule has 2 aliphatic carbocycles. The molecule has 0 aromatic carbocycles. The van der Waals surface area contributed by atoms with Crippen LogP contribution in [-0.4, -0.2) is 32.8 Å². The predicted molar refractivity (Wildman–Crippen MR) is 119 cm³/mol. The lowest BCUT2D eigenvalue weighted by molar-refractivity contribution is 0.1000.